The SMILES string of the molecule is CCC1C=C(N)NN1. The molecule has 0 aliphatic carbocycles. The van der Waals surface area contributed by atoms with Crippen molar-refractivity contribution in [3.8, 4) is 0 Å². The van der Waals surface area contributed by atoms with E-state index in [1.165, 1.54) is 0 Å². The first kappa shape index (κ1) is 5.44. The Morgan fingerprint density at radius 3 is 2.88 bits per heavy atom. The van der Waals surface area contributed by atoms with Crippen LogP contribution in [0.2, 0.25) is 0 Å². The molecule has 3 heteroatoms. The molecule has 0 amide bonds. The fraction of sp³-hybridized carbons (Fsp3) is 0.600. The van der Waals surface area contributed by atoms with Crippen molar-refractivity contribution in [2.24, 2.45) is 5.73 Å². The summed E-state index contributed by atoms with van der Waals surface area (Å²) in [6, 6.07) is 0.426. The molecule has 0 saturated carbocycles. The van der Waals surface area contributed by atoms with Gasteiger partial charge in [-0.25, -0.2) is 5.43 Å². The van der Waals surface area contributed by atoms with E-state index in [1.54, 1.807) is 0 Å². The third kappa shape index (κ3) is 0.924. The maximum atomic E-state index is 5.39. The predicted octanol–water partition coefficient (Wildman–Crippen LogP) is -0.327. The minimum absolute atomic E-state index is 0.426. The summed E-state index contributed by atoms with van der Waals surface area (Å²) >= 11 is 0. The van der Waals surface area contributed by atoms with Crippen molar-refractivity contribution in [3.63, 3.8) is 0 Å². The molecule has 1 aliphatic heterocycles. The van der Waals surface area contributed by atoms with Crippen LogP contribution in [0.3, 0.4) is 0 Å². The number of rotatable bonds is 1. The molecule has 3 nitrogen and oxygen atoms in total. The fourth-order valence-electron chi connectivity index (χ4n) is 0.696. The number of hydrogen-bond acceptors (Lipinski definition) is 3. The lowest BCUT2D eigenvalue weighted by molar-refractivity contribution is 0.561. The third-order valence-electron chi connectivity index (χ3n) is 1.22. The molecule has 1 atom stereocenters. The highest BCUT2D eigenvalue weighted by Gasteiger charge is 2.07. The largest absolute Gasteiger partial charge is 0.385 e. The van der Waals surface area contributed by atoms with Gasteiger partial charge in [-0.2, -0.15) is 0 Å². The average Bonchev–Trinajstić information content (AvgIpc) is 2.14. The molecule has 0 aromatic carbocycles. The van der Waals surface area contributed by atoms with E-state index in [4.69, 9.17) is 5.73 Å². The molecule has 0 aromatic heterocycles. The van der Waals surface area contributed by atoms with Crippen LogP contribution in [0.25, 0.3) is 0 Å². The van der Waals surface area contributed by atoms with Gasteiger partial charge < -0.3 is 11.2 Å². The predicted molar refractivity (Wildman–Crippen MR) is 32.6 cm³/mol. The Morgan fingerprint density at radius 2 is 2.62 bits per heavy atom. The van der Waals surface area contributed by atoms with Gasteiger partial charge in [0.1, 0.15) is 5.82 Å². The summed E-state index contributed by atoms with van der Waals surface area (Å²) in [5.74, 6) is 0.733. The monoisotopic (exact) mass is 113 g/mol. The summed E-state index contributed by atoms with van der Waals surface area (Å²) in [6.45, 7) is 2.11. The fourth-order valence-corrected chi connectivity index (χ4v) is 0.696. The van der Waals surface area contributed by atoms with Gasteiger partial charge in [0.05, 0.1) is 0 Å². The quantitative estimate of drug-likeness (QED) is 0.436. The zero-order valence-corrected chi connectivity index (χ0v) is 4.94. The van der Waals surface area contributed by atoms with E-state index in [2.05, 4.69) is 17.8 Å². The average molecular weight is 113 g/mol. The lowest BCUT2D eigenvalue weighted by Gasteiger charge is -2.01. The number of hydrazine groups is 1. The highest BCUT2D eigenvalue weighted by atomic mass is 15.4. The van der Waals surface area contributed by atoms with Gasteiger partial charge in [-0.3, -0.25) is 0 Å². The Kier molecular flexibility index (Phi) is 1.39. The molecule has 1 heterocycles. The van der Waals surface area contributed by atoms with Crippen molar-refractivity contribution in [2.45, 2.75) is 19.4 Å². The zero-order valence-electron chi connectivity index (χ0n) is 4.94. The van der Waals surface area contributed by atoms with Gasteiger partial charge in [-0.05, 0) is 12.5 Å². The molecule has 1 rings (SSSR count). The minimum atomic E-state index is 0.426. The van der Waals surface area contributed by atoms with Crippen molar-refractivity contribution in [1.29, 1.82) is 0 Å². The molecule has 0 aromatic rings. The standard InChI is InChI=1S/C5H11N3/c1-2-4-3-5(6)8-7-4/h3-4,7-8H,2,6H2,1H3. The molecule has 46 valence electrons. The minimum Gasteiger partial charge on any atom is -0.385 e. The molecule has 4 N–H and O–H groups in total. The second kappa shape index (κ2) is 2.05. The smallest absolute Gasteiger partial charge is 0.108 e. The van der Waals surface area contributed by atoms with Crippen LogP contribution in [-0.2, 0) is 0 Å². The van der Waals surface area contributed by atoms with Crippen LogP contribution >= 0.6 is 0 Å². The Balaban J connectivity index is 2.41. The van der Waals surface area contributed by atoms with Gasteiger partial charge >= 0.3 is 0 Å². The highest BCUT2D eigenvalue weighted by Crippen LogP contribution is 1.97. The molecular weight excluding hydrogens is 102 g/mol. The molecule has 0 bridgehead atoms. The maximum Gasteiger partial charge on any atom is 0.108 e. The first-order valence-corrected chi connectivity index (χ1v) is 2.81. The Morgan fingerprint density at radius 1 is 1.88 bits per heavy atom. The molecular formula is C5H11N3. The van der Waals surface area contributed by atoms with Crippen LogP contribution in [-0.4, -0.2) is 6.04 Å². The summed E-state index contributed by atoms with van der Waals surface area (Å²) < 4.78 is 0. The molecule has 0 spiro atoms. The third-order valence-corrected chi connectivity index (χ3v) is 1.22. The van der Waals surface area contributed by atoms with Crippen LogP contribution in [0.1, 0.15) is 13.3 Å². The highest BCUT2D eigenvalue weighted by molar-refractivity contribution is 5.05. The van der Waals surface area contributed by atoms with E-state index >= 15 is 0 Å². The summed E-state index contributed by atoms with van der Waals surface area (Å²) in [6.07, 6.45) is 3.05. The zero-order chi connectivity index (χ0) is 5.98. The van der Waals surface area contributed by atoms with Crippen molar-refractivity contribution in [1.82, 2.24) is 10.9 Å². The summed E-state index contributed by atoms with van der Waals surface area (Å²) in [7, 11) is 0. The summed E-state index contributed by atoms with van der Waals surface area (Å²) in [5, 5.41) is 0. The van der Waals surface area contributed by atoms with Crippen LogP contribution in [0.4, 0.5) is 0 Å². The molecule has 0 fully saturated rings. The van der Waals surface area contributed by atoms with Gasteiger partial charge in [0, 0.05) is 6.04 Å². The first-order chi connectivity index (χ1) is 3.83. The Hall–Kier alpha value is -0.700. The Labute approximate surface area is 48.9 Å². The van der Waals surface area contributed by atoms with Gasteiger partial charge in [-0.1, -0.05) is 6.92 Å². The van der Waals surface area contributed by atoms with Crippen LogP contribution < -0.4 is 16.6 Å². The van der Waals surface area contributed by atoms with Crippen LogP contribution in [0.5, 0.6) is 0 Å². The van der Waals surface area contributed by atoms with Gasteiger partial charge in [0.25, 0.3) is 0 Å². The summed E-state index contributed by atoms with van der Waals surface area (Å²) in [4.78, 5) is 0. The van der Waals surface area contributed by atoms with Crippen molar-refractivity contribution < 1.29 is 0 Å². The van der Waals surface area contributed by atoms with E-state index in [-0.39, 0.29) is 0 Å². The molecule has 0 radical (unpaired) electrons. The molecule has 1 unspecified atom stereocenters. The van der Waals surface area contributed by atoms with E-state index in [9.17, 15) is 0 Å². The second-order valence-electron chi connectivity index (χ2n) is 1.91. The molecule has 8 heavy (non-hydrogen) atoms. The van der Waals surface area contributed by atoms with Crippen LogP contribution in [0.15, 0.2) is 11.9 Å². The normalized spacial score (nSPS) is 27.1. The second-order valence-corrected chi connectivity index (χ2v) is 1.91. The van der Waals surface area contributed by atoms with Gasteiger partial charge in [0.15, 0.2) is 0 Å². The van der Waals surface area contributed by atoms with E-state index in [1.807, 2.05) is 6.08 Å². The maximum absolute atomic E-state index is 5.39. The van der Waals surface area contributed by atoms with Crippen molar-refractivity contribution in [2.75, 3.05) is 0 Å². The molecule has 0 saturated heterocycles. The lowest BCUT2D eigenvalue weighted by Crippen LogP contribution is -2.32. The van der Waals surface area contributed by atoms with Crippen molar-refractivity contribution in [3.05, 3.63) is 11.9 Å². The number of nitrogens with one attached hydrogen (secondary N) is 2. The van der Waals surface area contributed by atoms with Gasteiger partial charge in [0.2, 0.25) is 0 Å². The molecule has 1 aliphatic rings. The van der Waals surface area contributed by atoms with Crippen LogP contribution in [0, 0.1) is 0 Å². The van der Waals surface area contributed by atoms with E-state index in [0.717, 1.165) is 12.2 Å². The summed E-state index contributed by atoms with van der Waals surface area (Å²) in [5.41, 5.74) is 11.2. The van der Waals surface area contributed by atoms with Gasteiger partial charge in [-0.15, -0.1) is 0 Å². The first-order valence-electron chi connectivity index (χ1n) is 2.81. The Bertz CT molecular complexity index is 108. The van der Waals surface area contributed by atoms with E-state index in [0.29, 0.717) is 6.04 Å². The topological polar surface area (TPSA) is 50.1 Å². The van der Waals surface area contributed by atoms with E-state index < -0.39 is 0 Å². The van der Waals surface area contributed by atoms with Crippen molar-refractivity contribution >= 4 is 0 Å². The number of nitrogens with two attached hydrogens (primary N) is 1. The number of hydrogen-bond donors (Lipinski definition) is 3. The lowest BCUT2D eigenvalue weighted by atomic mass is 10.2.